The number of aliphatic hydroxyl groups excluding tert-OH is 5. The topological polar surface area (TPSA) is 192 Å². The molecule has 2 aliphatic heterocycles. The smallest absolute Gasteiger partial charge is 0.337 e. The van der Waals surface area contributed by atoms with Crippen molar-refractivity contribution in [3.63, 3.8) is 0 Å². The van der Waals surface area contributed by atoms with Gasteiger partial charge in [-0.1, -0.05) is 0 Å². The molecule has 2 fully saturated rings. The van der Waals surface area contributed by atoms with Crippen LogP contribution in [0.2, 0.25) is 0 Å². The molecule has 1 saturated carbocycles. The molecule has 12 nitrogen and oxygen atoms in total. The average Bonchev–Trinajstić information content (AvgIpc) is 3.05. The molecule has 0 aromatic carbocycles. The van der Waals surface area contributed by atoms with Crippen molar-refractivity contribution >= 4 is 11.9 Å². The first-order valence-electron chi connectivity index (χ1n) is 9.01. The fraction of sp³-hybridized carbons (Fsp3) is 0.765. The first-order chi connectivity index (χ1) is 13.7. The molecule has 1 aliphatic carbocycles. The van der Waals surface area contributed by atoms with E-state index in [2.05, 4.69) is 4.74 Å². The Morgan fingerprint density at radius 2 is 1.83 bits per heavy atom. The number of esters is 1. The third kappa shape index (κ3) is 3.84. The van der Waals surface area contributed by atoms with E-state index in [4.69, 9.17) is 14.2 Å². The second-order valence-electron chi connectivity index (χ2n) is 7.25. The maximum Gasteiger partial charge on any atom is 0.337 e. The standard InChI is InChI=1S/C17H24O12/c1-26-15(25)6-4-27-16(9-5(6)2-7(19)10(9)14(23)24)29-17-13(22)12(21)11(20)8(3-18)28-17/h4-5,7-13,16-22H,2-3H2,1H3,(H,23,24)/t5-,7+,8-,9?,10+,11-,12+,13-,16?,17+/m1/s1. The number of carboxylic acids is 1. The highest BCUT2D eigenvalue weighted by atomic mass is 16.8. The van der Waals surface area contributed by atoms with Crippen LogP contribution in [0.25, 0.3) is 0 Å². The number of fused-ring (bicyclic) bond motifs is 1. The van der Waals surface area contributed by atoms with Gasteiger partial charge in [-0.05, 0) is 6.42 Å². The molecule has 3 rings (SSSR count). The van der Waals surface area contributed by atoms with Gasteiger partial charge < -0.3 is 49.6 Å². The van der Waals surface area contributed by atoms with Gasteiger partial charge in [-0.25, -0.2) is 4.79 Å². The third-order valence-electron chi connectivity index (χ3n) is 5.66. The summed E-state index contributed by atoms with van der Waals surface area (Å²) in [4.78, 5) is 23.7. The molecule has 29 heavy (non-hydrogen) atoms. The van der Waals surface area contributed by atoms with E-state index in [1.807, 2.05) is 0 Å². The number of ether oxygens (including phenoxy) is 4. The summed E-state index contributed by atoms with van der Waals surface area (Å²) in [6.07, 6.45) is -9.50. The van der Waals surface area contributed by atoms with Gasteiger partial charge in [0, 0.05) is 11.8 Å². The van der Waals surface area contributed by atoms with E-state index in [1.165, 1.54) is 0 Å². The van der Waals surface area contributed by atoms with Gasteiger partial charge in [-0.3, -0.25) is 4.79 Å². The predicted octanol–water partition coefficient (Wildman–Crippen LogP) is -3.09. The molecule has 1 saturated heterocycles. The summed E-state index contributed by atoms with van der Waals surface area (Å²) in [5, 5.41) is 58.9. The van der Waals surface area contributed by atoms with Gasteiger partial charge in [-0.15, -0.1) is 0 Å². The maximum atomic E-state index is 12.0. The van der Waals surface area contributed by atoms with Crippen molar-refractivity contribution in [3.05, 3.63) is 11.8 Å². The molecule has 0 spiro atoms. The fourth-order valence-corrected chi connectivity index (χ4v) is 4.16. The van der Waals surface area contributed by atoms with Crippen molar-refractivity contribution in [2.45, 2.75) is 49.5 Å². The van der Waals surface area contributed by atoms with Crippen molar-refractivity contribution in [1.29, 1.82) is 0 Å². The first kappa shape index (κ1) is 21.9. The molecule has 0 amide bonds. The Morgan fingerprint density at radius 3 is 2.41 bits per heavy atom. The highest BCUT2D eigenvalue weighted by Gasteiger charge is 2.57. The minimum absolute atomic E-state index is 0.0361. The lowest BCUT2D eigenvalue weighted by atomic mass is 9.82. The number of methoxy groups -OCH3 is 1. The SMILES string of the molecule is COC(=O)C1=COC(O[C@@H]2O[C@H](CO)[C@@H](O)[C@H](O)[C@H]2O)C2[C@@H]1C[C@H](O)[C@@H]2C(=O)O. The second-order valence-corrected chi connectivity index (χ2v) is 7.25. The van der Waals surface area contributed by atoms with E-state index in [1.54, 1.807) is 0 Å². The summed E-state index contributed by atoms with van der Waals surface area (Å²) >= 11 is 0. The number of hydrogen-bond acceptors (Lipinski definition) is 11. The molecule has 6 N–H and O–H groups in total. The van der Waals surface area contributed by atoms with Gasteiger partial charge in [0.1, 0.15) is 24.4 Å². The summed E-state index contributed by atoms with van der Waals surface area (Å²) in [6, 6.07) is 0. The number of hydrogen-bond donors (Lipinski definition) is 6. The molecular weight excluding hydrogens is 396 g/mol. The molecular formula is C17H24O12. The Labute approximate surface area is 164 Å². The molecule has 164 valence electrons. The van der Waals surface area contributed by atoms with Crippen LogP contribution in [0.15, 0.2) is 11.8 Å². The number of aliphatic hydroxyl groups is 5. The van der Waals surface area contributed by atoms with Crippen LogP contribution in [0, 0.1) is 17.8 Å². The lowest BCUT2D eigenvalue weighted by molar-refractivity contribution is -0.342. The van der Waals surface area contributed by atoms with Gasteiger partial charge in [-0.2, -0.15) is 0 Å². The lowest BCUT2D eigenvalue weighted by Crippen LogP contribution is -2.60. The van der Waals surface area contributed by atoms with Crippen LogP contribution in [-0.2, 0) is 28.5 Å². The van der Waals surface area contributed by atoms with Crippen molar-refractivity contribution < 1.29 is 59.2 Å². The zero-order valence-electron chi connectivity index (χ0n) is 15.4. The lowest BCUT2D eigenvalue weighted by Gasteiger charge is -2.42. The summed E-state index contributed by atoms with van der Waals surface area (Å²) in [5.74, 6) is -5.22. The van der Waals surface area contributed by atoms with E-state index >= 15 is 0 Å². The fourth-order valence-electron chi connectivity index (χ4n) is 4.16. The number of carbonyl (C=O) groups is 2. The zero-order chi connectivity index (χ0) is 21.5. The van der Waals surface area contributed by atoms with Gasteiger partial charge in [0.15, 0.2) is 6.29 Å². The number of aliphatic carboxylic acids is 1. The van der Waals surface area contributed by atoms with Crippen LogP contribution in [0.3, 0.4) is 0 Å². The van der Waals surface area contributed by atoms with Crippen LogP contribution in [0.4, 0.5) is 0 Å². The Bertz CT molecular complexity index is 663. The van der Waals surface area contributed by atoms with Gasteiger partial charge >= 0.3 is 11.9 Å². The minimum Gasteiger partial charge on any atom is -0.481 e. The Balaban J connectivity index is 1.87. The normalized spacial score (nSPS) is 44.4. The average molecular weight is 420 g/mol. The van der Waals surface area contributed by atoms with E-state index in [0.29, 0.717) is 0 Å². The summed E-state index contributed by atoms with van der Waals surface area (Å²) in [5.41, 5.74) is 0.0361. The Kier molecular flexibility index (Phi) is 6.43. The zero-order valence-corrected chi connectivity index (χ0v) is 15.4. The second kappa shape index (κ2) is 8.52. The van der Waals surface area contributed by atoms with Crippen molar-refractivity contribution in [2.24, 2.45) is 17.8 Å². The van der Waals surface area contributed by atoms with Gasteiger partial charge in [0.2, 0.25) is 6.29 Å². The van der Waals surface area contributed by atoms with Crippen LogP contribution in [0.1, 0.15) is 6.42 Å². The molecule has 10 atom stereocenters. The number of carboxylic acid groups (broad SMARTS) is 1. The van der Waals surface area contributed by atoms with Crippen LogP contribution in [0.5, 0.6) is 0 Å². The monoisotopic (exact) mass is 420 g/mol. The van der Waals surface area contributed by atoms with Gasteiger partial charge in [0.05, 0.1) is 37.6 Å². The number of rotatable bonds is 5. The van der Waals surface area contributed by atoms with Crippen molar-refractivity contribution in [2.75, 3.05) is 13.7 Å². The minimum atomic E-state index is -1.73. The summed E-state index contributed by atoms with van der Waals surface area (Å²) < 4.78 is 20.9. The maximum absolute atomic E-state index is 12.0. The Hall–Kier alpha value is -1.80. The molecule has 2 unspecified atom stereocenters. The summed E-state index contributed by atoms with van der Waals surface area (Å²) in [7, 11) is 1.15. The molecule has 0 aromatic heterocycles. The van der Waals surface area contributed by atoms with E-state index < -0.39 is 79.4 Å². The van der Waals surface area contributed by atoms with Crippen LogP contribution >= 0.6 is 0 Å². The summed E-state index contributed by atoms with van der Waals surface area (Å²) in [6.45, 7) is -0.675. The van der Waals surface area contributed by atoms with Crippen molar-refractivity contribution in [3.8, 4) is 0 Å². The highest BCUT2D eigenvalue weighted by molar-refractivity contribution is 5.89. The Morgan fingerprint density at radius 1 is 1.14 bits per heavy atom. The highest BCUT2D eigenvalue weighted by Crippen LogP contribution is 2.48. The largest absolute Gasteiger partial charge is 0.481 e. The molecule has 0 bridgehead atoms. The first-order valence-corrected chi connectivity index (χ1v) is 9.01. The molecule has 3 aliphatic rings. The van der Waals surface area contributed by atoms with E-state index in [0.717, 1.165) is 13.4 Å². The molecule has 0 radical (unpaired) electrons. The van der Waals surface area contributed by atoms with Gasteiger partial charge in [0.25, 0.3) is 0 Å². The molecule has 0 aromatic rings. The van der Waals surface area contributed by atoms with Crippen LogP contribution in [-0.4, -0.2) is 99.4 Å². The predicted molar refractivity (Wildman–Crippen MR) is 88.6 cm³/mol. The van der Waals surface area contributed by atoms with E-state index in [-0.39, 0.29) is 12.0 Å². The third-order valence-corrected chi connectivity index (χ3v) is 5.66. The van der Waals surface area contributed by atoms with E-state index in [9.17, 15) is 40.2 Å². The number of carbonyl (C=O) groups excluding carboxylic acids is 1. The van der Waals surface area contributed by atoms with Crippen LogP contribution < -0.4 is 0 Å². The van der Waals surface area contributed by atoms with Crippen molar-refractivity contribution in [1.82, 2.24) is 0 Å². The quantitative estimate of drug-likeness (QED) is 0.246. The molecule has 2 heterocycles. The molecule has 12 heteroatoms.